The Morgan fingerprint density at radius 3 is 2.43 bits per heavy atom. The van der Waals surface area contributed by atoms with Crippen molar-refractivity contribution in [2.45, 2.75) is 39.7 Å². The van der Waals surface area contributed by atoms with Crippen LogP contribution in [0, 0.1) is 5.92 Å². The first-order chi connectivity index (χ1) is 6.46. The Morgan fingerprint density at radius 2 is 2.07 bits per heavy atom. The molecule has 4 nitrogen and oxygen atoms in total. The van der Waals surface area contributed by atoms with Crippen molar-refractivity contribution in [3.63, 3.8) is 0 Å². The van der Waals surface area contributed by atoms with Crippen molar-refractivity contribution in [2.24, 2.45) is 11.7 Å². The Morgan fingerprint density at radius 1 is 1.50 bits per heavy atom. The molecule has 84 valence electrons. The van der Waals surface area contributed by atoms with E-state index in [9.17, 15) is 4.79 Å². The van der Waals surface area contributed by atoms with Crippen LogP contribution in [-0.2, 0) is 0 Å². The molecule has 0 heterocycles. The molecule has 0 aliphatic carbocycles. The highest BCUT2D eigenvalue weighted by Crippen LogP contribution is 2.14. The topological polar surface area (TPSA) is 67.2 Å². The summed E-state index contributed by atoms with van der Waals surface area (Å²) in [5, 5.41) is 5.67. The molecule has 1 unspecified atom stereocenters. The third-order valence-electron chi connectivity index (χ3n) is 2.63. The lowest BCUT2D eigenvalue weighted by Crippen LogP contribution is -2.57. The number of rotatable bonds is 5. The SMILES string of the molecule is CCCNC(=O)NC(C)(CN)C(C)C. The van der Waals surface area contributed by atoms with E-state index < -0.39 is 0 Å². The summed E-state index contributed by atoms with van der Waals surface area (Å²) >= 11 is 0. The van der Waals surface area contributed by atoms with E-state index in [0.717, 1.165) is 6.42 Å². The molecular formula is C10H23N3O. The van der Waals surface area contributed by atoms with Gasteiger partial charge in [-0.15, -0.1) is 0 Å². The van der Waals surface area contributed by atoms with Gasteiger partial charge in [0.05, 0.1) is 5.54 Å². The molecule has 0 aromatic carbocycles. The summed E-state index contributed by atoms with van der Waals surface area (Å²) in [4.78, 5) is 11.4. The van der Waals surface area contributed by atoms with E-state index in [0.29, 0.717) is 19.0 Å². The van der Waals surface area contributed by atoms with Gasteiger partial charge in [0, 0.05) is 13.1 Å². The molecule has 14 heavy (non-hydrogen) atoms. The van der Waals surface area contributed by atoms with E-state index in [1.54, 1.807) is 0 Å². The Bertz CT molecular complexity index is 182. The lowest BCUT2D eigenvalue weighted by molar-refractivity contribution is 0.214. The van der Waals surface area contributed by atoms with Gasteiger partial charge in [-0.2, -0.15) is 0 Å². The third-order valence-corrected chi connectivity index (χ3v) is 2.63. The van der Waals surface area contributed by atoms with Crippen LogP contribution in [0.1, 0.15) is 34.1 Å². The predicted octanol–water partition coefficient (Wildman–Crippen LogP) is 1.07. The summed E-state index contributed by atoms with van der Waals surface area (Å²) in [6, 6.07) is -0.131. The molecule has 2 amide bonds. The van der Waals surface area contributed by atoms with Crippen molar-refractivity contribution in [2.75, 3.05) is 13.1 Å². The number of amides is 2. The Labute approximate surface area is 86.6 Å². The van der Waals surface area contributed by atoms with Gasteiger partial charge in [0.2, 0.25) is 0 Å². The number of hydrogen-bond acceptors (Lipinski definition) is 2. The van der Waals surface area contributed by atoms with Gasteiger partial charge in [-0.1, -0.05) is 20.8 Å². The minimum atomic E-state index is -0.322. The molecule has 4 heteroatoms. The summed E-state index contributed by atoms with van der Waals surface area (Å²) in [7, 11) is 0. The zero-order chi connectivity index (χ0) is 11.2. The first-order valence-corrected chi connectivity index (χ1v) is 5.22. The highest BCUT2D eigenvalue weighted by atomic mass is 16.2. The lowest BCUT2D eigenvalue weighted by atomic mass is 9.89. The Hall–Kier alpha value is -0.770. The molecule has 0 saturated heterocycles. The van der Waals surface area contributed by atoms with Gasteiger partial charge in [0.25, 0.3) is 0 Å². The number of hydrogen-bond donors (Lipinski definition) is 3. The van der Waals surface area contributed by atoms with Gasteiger partial charge in [-0.25, -0.2) is 4.79 Å². The van der Waals surface area contributed by atoms with Crippen molar-refractivity contribution in [3.8, 4) is 0 Å². The van der Waals surface area contributed by atoms with Crippen LogP contribution in [0.3, 0.4) is 0 Å². The zero-order valence-electron chi connectivity index (χ0n) is 9.68. The fraction of sp³-hybridized carbons (Fsp3) is 0.900. The van der Waals surface area contributed by atoms with E-state index in [-0.39, 0.29) is 11.6 Å². The van der Waals surface area contributed by atoms with Gasteiger partial charge in [0.1, 0.15) is 0 Å². The molecule has 0 fully saturated rings. The maximum atomic E-state index is 11.4. The molecule has 0 radical (unpaired) electrons. The molecule has 0 spiro atoms. The summed E-state index contributed by atoms with van der Waals surface area (Å²) < 4.78 is 0. The van der Waals surface area contributed by atoms with Gasteiger partial charge < -0.3 is 16.4 Å². The van der Waals surface area contributed by atoms with E-state index in [1.165, 1.54) is 0 Å². The normalized spacial score (nSPS) is 15.0. The molecule has 0 aromatic rings. The summed E-state index contributed by atoms with van der Waals surface area (Å²) in [5.74, 6) is 0.319. The van der Waals surface area contributed by atoms with Crippen molar-refractivity contribution < 1.29 is 4.79 Å². The summed E-state index contributed by atoms with van der Waals surface area (Å²) in [5.41, 5.74) is 5.32. The van der Waals surface area contributed by atoms with Crippen molar-refractivity contribution in [1.82, 2.24) is 10.6 Å². The Kier molecular flexibility index (Phi) is 5.53. The fourth-order valence-electron chi connectivity index (χ4n) is 0.973. The first kappa shape index (κ1) is 13.2. The van der Waals surface area contributed by atoms with E-state index in [4.69, 9.17) is 5.73 Å². The van der Waals surface area contributed by atoms with E-state index in [2.05, 4.69) is 10.6 Å². The van der Waals surface area contributed by atoms with Crippen LogP contribution >= 0.6 is 0 Å². The second-order valence-corrected chi connectivity index (χ2v) is 4.16. The minimum absolute atomic E-state index is 0.131. The third kappa shape index (κ3) is 3.96. The molecule has 0 aliphatic rings. The molecule has 1 atom stereocenters. The quantitative estimate of drug-likeness (QED) is 0.623. The zero-order valence-corrected chi connectivity index (χ0v) is 9.68. The maximum absolute atomic E-state index is 11.4. The number of carbonyl (C=O) groups excluding carboxylic acids is 1. The lowest BCUT2D eigenvalue weighted by Gasteiger charge is -2.33. The van der Waals surface area contributed by atoms with Crippen LogP contribution in [0.25, 0.3) is 0 Å². The highest BCUT2D eigenvalue weighted by Gasteiger charge is 2.28. The van der Waals surface area contributed by atoms with Crippen molar-refractivity contribution in [1.29, 1.82) is 0 Å². The smallest absolute Gasteiger partial charge is 0.315 e. The molecule has 0 aliphatic heterocycles. The average Bonchev–Trinajstić information content (AvgIpc) is 2.14. The fourth-order valence-corrected chi connectivity index (χ4v) is 0.973. The number of nitrogens with one attached hydrogen (secondary N) is 2. The second kappa shape index (κ2) is 5.86. The average molecular weight is 201 g/mol. The summed E-state index contributed by atoms with van der Waals surface area (Å²) in [6.07, 6.45) is 0.939. The monoisotopic (exact) mass is 201 g/mol. The van der Waals surface area contributed by atoms with Crippen LogP contribution in [0.5, 0.6) is 0 Å². The molecular weight excluding hydrogens is 178 g/mol. The van der Waals surface area contributed by atoms with Crippen LogP contribution in [0.2, 0.25) is 0 Å². The van der Waals surface area contributed by atoms with Crippen LogP contribution in [0.4, 0.5) is 4.79 Å². The summed E-state index contributed by atoms with van der Waals surface area (Å²) in [6.45, 7) is 9.22. The van der Waals surface area contributed by atoms with Crippen LogP contribution < -0.4 is 16.4 Å². The molecule has 0 rings (SSSR count). The Balaban J connectivity index is 4.11. The van der Waals surface area contributed by atoms with Gasteiger partial charge in [-0.3, -0.25) is 0 Å². The van der Waals surface area contributed by atoms with E-state index in [1.807, 2.05) is 27.7 Å². The minimum Gasteiger partial charge on any atom is -0.338 e. The molecule has 0 saturated carbocycles. The van der Waals surface area contributed by atoms with E-state index >= 15 is 0 Å². The number of urea groups is 1. The first-order valence-electron chi connectivity index (χ1n) is 5.22. The number of nitrogens with two attached hydrogens (primary N) is 1. The largest absolute Gasteiger partial charge is 0.338 e. The van der Waals surface area contributed by atoms with Crippen molar-refractivity contribution >= 4 is 6.03 Å². The highest BCUT2D eigenvalue weighted by molar-refractivity contribution is 5.74. The van der Waals surface area contributed by atoms with Gasteiger partial charge in [0.15, 0.2) is 0 Å². The second-order valence-electron chi connectivity index (χ2n) is 4.16. The van der Waals surface area contributed by atoms with Crippen LogP contribution in [0.15, 0.2) is 0 Å². The maximum Gasteiger partial charge on any atom is 0.315 e. The molecule has 0 aromatic heterocycles. The van der Waals surface area contributed by atoms with Gasteiger partial charge in [-0.05, 0) is 19.3 Å². The molecule has 0 bridgehead atoms. The van der Waals surface area contributed by atoms with Gasteiger partial charge >= 0.3 is 6.03 Å². The molecule has 4 N–H and O–H groups in total. The predicted molar refractivity (Wildman–Crippen MR) is 59.1 cm³/mol. The number of carbonyl (C=O) groups is 1. The van der Waals surface area contributed by atoms with Crippen LogP contribution in [-0.4, -0.2) is 24.7 Å². The standard InChI is InChI=1S/C10H23N3O/c1-5-6-12-9(14)13-10(4,7-11)8(2)3/h8H,5-7,11H2,1-4H3,(H2,12,13,14). The van der Waals surface area contributed by atoms with Crippen molar-refractivity contribution in [3.05, 3.63) is 0 Å².